The quantitative estimate of drug-likeness (QED) is 0.794. The lowest BCUT2D eigenvalue weighted by molar-refractivity contribution is -0.0177. The summed E-state index contributed by atoms with van der Waals surface area (Å²) in [6.45, 7) is 2.30. The molecule has 0 aliphatic carbocycles. The molecule has 3 rings (SSSR count). The third-order valence-electron chi connectivity index (χ3n) is 3.77. The number of morpholine rings is 1. The second-order valence-corrected chi connectivity index (χ2v) is 7.68. The lowest BCUT2D eigenvalue weighted by atomic mass is 10.2. The molecule has 0 radical (unpaired) electrons. The van der Waals surface area contributed by atoms with E-state index in [2.05, 4.69) is 10.2 Å². The SMILES string of the molecule is CCc1nnc([C@H]2CN(S(=O)(=O)c3ccc(C#N)cc3Cl)CCO2)o1. The number of nitrogens with zero attached hydrogens (tertiary/aromatic N) is 4. The highest BCUT2D eigenvalue weighted by Crippen LogP contribution is 2.29. The lowest BCUT2D eigenvalue weighted by Gasteiger charge is -2.30. The van der Waals surface area contributed by atoms with Gasteiger partial charge in [0.1, 0.15) is 11.0 Å². The number of aryl methyl sites for hydroxylation is 1. The van der Waals surface area contributed by atoms with Crippen molar-refractivity contribution in [2.24, 2.45) is 0 Å². The van der Waals surface area contributed by atoms with Gasteiger partial charge in [0.05, 0.1) is 23.3 Å². The fourth-order valence-corrected chi connectivity index (χ4v) is 4.39. The summed E-state index contributed by atoms with van der Waals surface area (Å²) in [6.07, 6.45) is -0.0451. The molecule has 1 fully saturated rings. The fourth-order valence-electron chi connectivity index (χ4n) is 2.45. The topological polar surface area (TPSA) is 109 Å². The number of sulfonamides is 1. The molecule has 1 aliphatic rings. The minimum atomic E-state index is -3.84. The van der Waals surface area contributed by atoms with Crippen LogP contribution in [-0.4, -0.2) is 42.6 Å². The summed E-state index contributed by atoms with van der Waals surface area (Å²) in [5, 5.41) is 16.7. The number of rotatable bonds is 4. The Kier molecular flexibility index (Phi) is 5.06. The van der Waals surface area contributed by atoms with Crippen LogP contribution in [0.25, 0.3) is 0 Å². The number of benzene rings is 1. The van der Waals surface area contributed by atoms with Gasteiger partial charge in [-0.15, -0.1) is 10.2 Å². The van der Waals surface area contributed by atoms with Crippen molar-refractivity contribution in [3.63, 3.8) is 0 Å². The molecule has 1 aliphatic heterocycles. The highest BCUT2D eigenvalue weighted by atomic mass is 35.5. The van der Waals surface area contributed by atoms with Crippen LogP contribution in [0.2, 0.25) is 5.02 Å². The summed E-state index contributed by atoms with van der Waals surface area (Å²) < 4.78 is 38.1. The molecule has 0 N–H and O–H groups in total. The van der Waals surface area contributed by atoms with E-state index in [1.54, 1.807) is 0 Å². The van der Waals surface area contributed by atoms with E-state index in [1.807, 2.05) is 13.0 Å². The zero-order valence-electron chi connectivity index (χ0n) is 13.3. The van der Waals surface area contributed by atoms with Crippen molar-refractivity contribution in [2.45, 2.75) is 24.3 Å². The number of hydrogen-bond donors (Lipinski definition) is 0. The van der Waals surface area contributed by atoms with Gasteiger partial charge in [0.15, 0.2) is 0 Å². The van der Waals surface area contributed by atoms with E-state index in [9.17, 15) is 8.42 Å². The van der Waals surface area contributed by atoms with E-state index in [0.29, 0.717) is 17.9 Å². The zero-order chi connectivity index (χ0) is 18.0. The van der Waals surface area contributed by atoms with Crippen LogP contribution < -0.4 is 0 Å². The molecule has 25 heavy (non-hydrogen) atoms. The molecule has 10 heteroatoms. The van der Waals surface area contributed by atoms with Crippen molar-refractivity contribution in [3.05, 3.63) is 40.6 Å². The van der Waals surface area contributed by atoms with Crippen LogP contribution in [0.1, 0.15) is 30.4 Å². The number of nitriles is 1. The molecule has 1 aromatic carbocycles. The van der Waals surface area contributed by atoms with Gasteiger partial charge >= 0.3 is 0 Å². The first-order valence-corrected chi connectivity index (χ1v) is 9.41. The van der Waals surface area contributed by atoms with Crippen molar-refractivity contribution < 1.29 is 17.6 Å². The van der Waals surface area contributed by atoms with Gasteiger partial charge in [-0.3, -0.25) is 0 Å². The van der Waals surface area contributed by atoms with E-state index in [0.717, 1.165) is 0 Å². The predicted octanol–water partition coefficient (Wildman–Crippen LogP) is 1.92. The minimum absolute atomic E-state index is 0.00755. The number of halogens is 1. The zero-order valence-corrected chi connectivity index (χ0v) is 14.9. The first kappa shape index (κ1) is 17.8. The summed E-state index contributed by atoms with van der Waals surface area (Å²) >= 11 is 6.06. The maximum atomic E-state index is 12.9. The van der Waals surface area contributed by atoms with Crippen LogP contribution in [0.5, 0.6) is 0 Å². The Hall–Kier alpha value is -1.99. The van der Waals surface area contributed by atoms with Crippen molar-refractivity contribution in [1.29, 1.82) is 5.26 Å². The van der Waals surface area contributed by atoms with Crippen LogP contribution in [0, 0.1) is 11.3 Å². The van der Waals surface area contributed by atoms with Gasteiger partial charge < -0.3 is 9.15 Å². The van der Waals surface area contributed by atoms with E-state index in [4.69, 9.17) is 26.0 Å². The van der Waals surface area contributed by atoms with Crippen LogP contribution in [0.15, 0.2) is 27.5 Å². The fraction of sp³-hybridized carbons (Fsp3) is 0.400. The normalized spacial score (nSPS) is 18.8. The first-order valence-electron chi connectivity index (χ1n) is 7.59. The van der Waals surface area contributed by atoms with Gasteiger partial charge in [-0.2, -0.15) is 9.57 Å². The summed E-state index contributed by atoms with van der Waals surface area (Å²) in [6, 6.07) is 6.01. The van der Waals surface area contributed by atoms with Crippen molar-refractivity contribution in [3.8, 4) is 6.07 Å². The molecule has 0 amide bonds. The van der Waals surface area contributed by atoms with E-state index in [-0.39, 0.29) is 35.5 Å². The second-order valence-electron chi connectivity index (χ2n) is 5.37. The Morgan fingerprint density at radius 2 is 2.24 bits per heavy atom. The average Bonchev–Trinajstić information content (AvgIpc) is 3.10. The smallest absolute Gasteiger partial charge is 0.246 e. The maximum absolute atomic E-state index is 12.9. The molecule has 8 nitrogen and oxygen atoms in total. The molecule has 2 heterocycles. The summed E-state index contributed by atoms with van der Waals surface area (Å²) in [5.74, 6) is 0.719. The summed E-state index contributed by atoms with van der Waals surface area (Å²) in [7, 11) is -3.84. The Morgan fingerprint density at radius 1 is 1.44 bits per heavy atom. The Morgan fingerprint density at radius 3 is 2.88 bits per heavy atom. The molecule has 0 bridgehead atoms. The predicted molar refractivity (Wildman–Crippen MR) is 87.3 cm³/mol. The van der Waals surface area contributed by atoms with Gasteiger partial charge in [-0.25, -0.2) is 8.42 Å². The van der Waals surface area contributed by atoms with E-state index < -0.39 is 16.1 Å². The molecular formula is C15H15ClN4O4S. The number of hydrogen-bond acceptors (Lipinski definition) is 7. The third-order valence-corrected chi connectivity index (χ3v) is 6.12. The molecule has 0 unspecified atom stereocenters. The maximum Gasteiger partial charge on any atom is 0.246 e. The van der Waals surface area contributed by atoms with E-state index in [1.165, 1.54) is 22.5 Å². The van der Waals surface area contributed by atoms with Gasteiger partial charge in [-0.1, -0.05) is 18.5 Å². The molecule has 0 spiro atoms. The number of aromatic nitrogens is 2. The van der Waals surface area contributed by atoms with Crippen molar-refractivity contribution in [1.82, 2.24) is 14.5 Å². The third kappa shape index (κ3) is 3.52. The monoisotopic (exact) mass is 382 g/mol. The van der Waals surface area contributed by atoms with Gasteiger partial charge in [0.25, 0.3) is 0 Å². The van der Waals surface area contributed by atoms with Gasteiger partial charge in [0, 0.05) is 19.5 Å². The largest absolute Gasteiger partial charge is 0.422 e. The standard InChI is InChI=1S/C15H15ClN4O4S/c1-2-14-18-19-15(24-14)12-9-20(5-6-23-12)25(21,22)13-4-3-10(8-17)7-11(13)16/h3-4,7,12H,2,5-6,9H2,1H3/t12-/m1/s1. The Labute approximate surface area is 150 Å². The first-order chi connectivity index (χ1) is 12.0. The summed E-state index contributed by atoms with van der Waals surface area (Å²) in [4.78, 5) is -0.0476. The molecule has 1 aromatic heterocycles. The second kappa shape index (κ2) is 7.09. The molecule has 1 atom stereocenters. The molecule has 1 saturated heterocycles. The van der Waals surface area contributed by atoms with Crippen LogP contribution in [0.4, 0.5) is 0 Å². The Balaban J connectivity index is 1.86. The van der Waals surface area contributed by atoms with Crippen molar-refractivity contribution >= 4 is 21.6 Å². The molecule has 0 saturated carbocycles. The van der Waals surface area contributed by atoms with Crippen molar-refractivity contribution in [2.75, 3.05) is 19.7 Å². The highest BCUT2D eigenvalue weighted by Gasteiger charge is 2.35. The minimum Gasteiger partial charge on any atom is -0.422 e. The lowest BCUT2D eigenvalue weighted by Crippen LogP contribution is -2.42. The van der Waals surface area contributed by atoms with Crippen LogP contribution in [0.3, 0.4) is 0 Å². The van der Waals surface area contributed by atoms with Crippen LogP contribution >= 0.6 is 11.6 Å². The molecule has 132 valence electrons. The Bertz CT molecular complexity index is 922. The van der Waals surface area contributed by atoms with E-state index >= 15 is 0 Å². The van der Waals surface area contributed by atoms with Gasteiger partial charge in [0.2, 0.25) is 21.8 Å². The molecular weight excluding hydrogens is 368 g/mol. The highest BCUT2D eigenvalue weighted by molar-refractivity contribution is 7.89. The van der Waals surface area contributed by atoms with Crippen LogP contribution in [-0.2, 0) is 21.2 Å². The van der Waals surface area contributed by atoms with Gasteiger partial charge in [-0.05, 0) is 18.2 Å². The average molecular weight is 383 g/mol. The summed E-state index contributed by atoms with van der Waals surface area (Å²) in [5.41, 5.74) is 0.293. The number of ether oxygens (including phenoxy) is 1. The molecule has 2 aromatic rings.